The van der Waals surface area contributed by atoms with Gasteiger partial charge in [-0.1, -0.05) is 18.2 Å². The van der Waals surface area contributed by atoms with E-state index < -0.39 is 6.04 Å². The first-order chi connectivity index (χ1) is 11.9. The Hall–Kier alpha value is -2.93. The van der Waals surface area contributed by atoms with Crippen LogP contribution in [0.3, 0.4) is 0 Å². The molecule has 1 atom stereocenters. The highest BCUT2D eigenvalue weighted by molar-refractivity contribution is 5.83. The largest absolute Gasteiger partial charge is 0.350 e. The van der Waals surface area contributed by atoms with Gasteiger partial charge in [0.15, 0.2) is 0 Å². The molecule has 3 rings (SSSR count). The molecule has 0 bridgehead atoms. The van der Waals surface area contributed by atoms with Crippen molar-refractivity contribution in [3.05, 3.63) is 69.9 Å². The monoisotopic (exact) mass is 342 g/mol. The number of rotatable bonds is 5. The lowest BCUT2D eigenvalue weighted by Gasteiger charge is -2.24. The van der Waals surface area contributed by atoms with Crippen LogP contribution < -0.4 is 11.0 Å². The van der Waals surface area contributed by atoms with Gasteiger partial charge in [-0.15, -0.1) is 0 Å². The van der Waals surface area contributed by atoms with Crippen LogP contribution in [-0.4, -0.2) is 34.9 Å². The van der Waals surface area contributed by atoms with E-state index in [-0.39, 0.29) is 17.4 Å². The quantitative estimate of drug-likeness (QED) is 0.663. The summed E-state index contributed by atoms with van der Waals surface area (Å²) in [4.78, 5) is 31.0. The van der Waals surface area contributed by atoms with Crippen LogP contribution in [0, 0.1) is 5.82 Å². The van der Waals surface area contributed by atoms with Gasteiger partial charge in [-0.05, 0) is 49.5 Å². The predicted octanol–water partition coefficient (Wildman–Crippen LogP) is 1.91. The SMILES string of the molecule is CN(C)[C@@H](C(=O)NCc1ccc2[nH]c(=O)[nH]c2c1)c1cccc(F)c1. The van der Waals surface area contributed by atoms with Crippen LogP contribution in [0.1, 0.15) is 17.2 Å². The Balaban J connectivity index is 1.75. The maximum atomic E-state index is 13.5. The normalized spacial score (nSPS) is 12.5. The van der Waals surface area contributed by atoms with E-state index in [0.29, 0.717) is 23.1 Å². The van der Waals surface area contributed by atoms with Crippen LogP contribution in [0.25, 0.3) is 11.0 Å². The molecule has 1 heterocycles. The van der Waals surface area contributed by atoms with Crippen molar-refractivity contribution in [2.24, 2.45) is 0 Å². The number of amides is 1. The molecule has 0 unspecified atom stereocenters. The molecule has 7 heteroatoms. The fourth-order valence-electron chi connectivity index (χ4n) is 2.84. The number of aromatic amines is 2. The molecule has 130 valence electrons. The van der Waals surface area contributed by atoms with Crippen LogP contribution in [0.15, 0.2) is 47.3 Å². The summed E-state index contributed by atoms with van der Waals surface area (Å²) in [5, 5.41) is 2.86. The van der Waals surface area contributed by atoms with Gasteiger partial charge in [-0.25, -0.2) is 9.18 Å². The summed E-state index contributed by atoms with van der Waals surface area (Å²) in [6.07, 6.45) is 0. The number of carbonyl (C=O) groups is 1. The zero-order valence-electron chi connectivity index (χ0n) is 14.0. The lowest BCUT2D eigenvalue weighted by atomic mass is 10.0. The average Bonchev–Trinajstić information content (AvgIpc) is 2.92. The Morgan fingerprint density at radius 1 is 1.16 bits per heavy atom. The number of nitrogens with one attached hydrogen (secondary N) is 3. The second-order valence-corrected chi connectivity index (χ2v) is 6.10. The summed E-state index contributed by atoms with van der Waals surface area (Å²) in [7, 11) is 3.54. The molecule has 1 amide bonds. The van der Waals surface area contributed by atoms with E-state index in [2.05, 4.69) is 15.3 Å². The molecule has 0 saturated carbocycles. The molecule has 0 aliphatic heterocycles. The van der Waals surface area contributed by atoms with E-state index in [1.807, 2.05) is 6.07 Å². The van der Waals surface area contributed by atoms with Crippen molar-refractivity contribution in [3.63, 3.8) is 0 Å². The third-order valence-electron chi connectivity index (χ3n) is 3.98. The Labute approximate surface area is 143 Å². The summed E-state index contributed by atoms with van der Waals surface area (Å²) in [5.74, 6) is -0.600. The number of hydrogen-bond acceptors (Lipinski definition) is 3. The summed E-state index contributed by atoms with van der Waals surface area (Å²) in [6, 6.07) is 10.9. The molecule has 3 N–H and O–H groups in total. The number of nitrogens with zero attached hydrogens (tertiary/aromatic N) is 1. The summed E-state index contributed by atoms with van der Waals surface area (Å²) < 4.78 is 13.5. The first-order valence-corrected chi connectivity index (χ1v) is 7.84. The molecular weight excluding hydrogens is 323 g/mol. The summed E-state index contributed by atoms with van der Waals surface area (Å²) in [5.41, 5.74) is 2.58. The Kier molecular flexibility index (Phi) is 4.67. The zero-order valence-corrected chi connectivity index (χ0v) is 14.0. The highest BCUT2D eigenvalue weighted by Crippen LogP contribution is 2.19. The Morgan fingerprint density at radius 3 is 2.64 bits per heavy atom. The predicted molar refractivity (Wildman–Crippen MR) is 93.6 cm³/mol. The first kappa shape index (κ1) is 16.9. The molecular formula is C18H19FN4O2. The van der Waals surface area contributed by atoms with Crippen molar-refractivity contribution < 1.29 is 9.18 Å². The third kappa shape index (κ3) is 3.77. The second-order valence-electron chi connectivity index (χ2n) is 6.10. The number of fused-ring (bicyclic) bond motifs is 1. The van der Waals surface area contributed by atoms with Crippen molar-refractivity contribution in [2.75, 3.05) is 14.1 Å². The van der Waals surface area contributed by atoms with Gasteiger partial charge in [-0.3, -0.25) is 9.69 Å². The van der Waals surface area contributed by atoms with E-state index in [1.54, 1.807) is 43.3 Å². The minimum atomic E-state index is -0.591. The number of benzene rings is 2. The van der Waals surface area contributed by atoms with E-state index in [1.165, 1.54) is 12.1 Å². The first-order valence-electron chi connectivity index (χ1n) is 7.84. The molecule has 0 saturated heterocycles. The van der Waals surface area contributed by atoms with Crippen LogP contribution in [0.2, 0.25) is 0 Å². The van der Waals surface area contributed by atoms with Crippen molar-refractivity contribution >= 4 is 16.9 Å². The Bertz CT molecular complexity index is 961. The van der Waals surface area contributed by atoms with Crippen molar-refractivity contribution in [2.45, 2.75) is 12.6 Å². The average molecular weight is 342 g/mol. The molecule has 0 aliphatic carbocycles. The van der Waals surface area contributed by atoms with Gasteiger partial charge in [0.1, 0.15) is 11.9 Å². The molecule has 0 spiro atoms. The molecule has 0 fully saturated rings. The van der Waals surface area contributed by atoms with Crippen LogP contribution >= 0.6 is 0 Å². The van der Waals surface area contributed by atoms with Gasteiger partial charge in [0, 0.05) is 6.54 Å². The molecule has 25 heavy (non-hydrogen) atoms. The Morgan fingerprint density at radius 2 is 1.92 bits per heavy atom. The van der Waals surface area contributed by atoms with Gasteiger partial charge in [0.2, 0.25) is 5.91 Å². The van der Waals surface area contributed by atoms with E-state index in [9.17, 15) is 14.0 Å². The summed E-state index contributed by atoms with van der Waals surface area (Å²) in [6.45, 7) is 0.307. The standard InChI is InChI=1S/C18H19FN4O2/c1-23(2)16(12-4-3-5-13(19)9-12)17(24)20-10-11-6-7-14-15(8-11)22-18(25)21-14/h3-9,16H,10H2,1-2H3,(H,20,24)(H2,21,22,25)/t16-/m1/s1. The van der Waals surface area contributed by atoms with Gasteiger partial charge in [0.25, 0.3) is 0 Å². The number of halogens is 1. The van der Waals surface area contributed by atoms with E-state index >= 15 is 0 Å². The minimum absolute atomic E-state index is 0.224. The number of hydrogen-bond donors (Lipinski definition) is 3. The van der Waals surface area contributed by atoms with Gasteiger partial charge in [-0.2, -0.15) is 0 Å². The van der Waals surface area contributed by atoms with E-state index in [4.69, 9.17) is 0 Å². The highest BCUT2D eigenvalue weighted by Gasteiger charge is 2.23. The topological polar surface area (TPSA) is 81.0 Å². The fourth-order valence-corrected chi connectivity index (χ4v) is 2.84. The van der Waals surface area contributed by atoms with Crippen LogP contribution in [0.5, 0.6) is 0 Å². The minimum Gasteiger partial charge on any atom is -0.350 e. The van der Waals surface area contributed by atoms with Crippen LogP contribution in [-0.2, 0) is 11.3 Å². The van der Waals surface area contributed by atoms with Crippen molar-refractivity contribution in [1.29, 1.82) is 0 Å². The third-order valence-corrected chi connectivity index (χ3v) is 3.98. The molecule has 1 aromatic heterocycles. The van der Waals surface area contributed by atoms with Crippen molar-refractivity contribution in [1.82, 2.24) is 20.2 Å². The molecule has 6 nitrogen and oxygen atoms in total. The second kappa shape index (κ2) is 6.90. The highest BCUT2D eigenvalue weighted by atomic mass is 19.1. The molecule has 3 aromatic rings. The fraction of sp³-hybridized carbons (Fsp3) is 0.222. The number of likely N-dealkylation sites (N-methyl/N-ethyl adjacent to an activating group) is 1. The molecule has 2 aromatic carbocycles. The zero-order chi connectivity index (χ0) is 18.0. The summed E-state index contributed by atoms with van der Waals surface area (Å²) >= 11 is 0. The lowest BCUT2D eigenvalue weighted by Crippen LogP contribution is -2.36. The maximum Gasteiger partial charge on any atom is 0.323 e. The smallest absolute Gasteiger partial charge is 0.323 e. The van der Waals surface area contributed by atoms with Gasteiger partial charge < -0.3 is 15.3 Å². The number of imidazole rings is 1. The number of H-pyrrole nitrogens is 2. The van der Waals surface area contributed by atoms with Gasteiger partial charge in [0.05, 0.1) is 11.0 Å². The molecule has 0 radical (unpaired) electrons. The van der Waals surface area contributed by atoms with Gasteiger partial charge >= 0.3 is 5.69 Å². The van der Waals surface area contributed by atoms with E-state index in [0.717, 1.165) is 5.56 Å². The number of aromatic nitrogens is 2. The number of carbonyl (C=O) groups excluding carboxylic acids is 1. The lowest BCUT2D eigenvalue weighted by molar-refractivity contribution is -0.125. The molecule has 0 aliphatic rings. The maximum absolute atomic E-state index is 13.5. The van der Waals surface area contributed by atoms with Crippen molar-refractivity contribution in [3.8, 4) is 0 Å². The van der Waals surface area contributed by atoms with Crippen LogP contribution in [0.4, 0.5) is 4.39 Å².